The molecule has 0 aliphatic heterocycles. The first-order chi connectivity index (χ1) is 7.63. The van der Waals surface area contributed by atoms with E-state index in [1.165, 1.54) is 0 Å². The van der Waals surface area contributed by atoms with Crippen LogP contribution in [0.3, 0.4) is 0 Å². The number of aliphatic hydroxyl groups is 2. The molecule has 2 unspecified atom stereocenters. The highest BCUT2D eigenvalue weighted by Crippen LogP contribution is 2.21. The summed E-state index contributed by atoms with van der Waals surface area (Å²) >= 11 is 0. The number of nitrogens with zero attached hydrogens (tertiary/aromatic N) is 3. The largest absolute Gasteiger partial charge is 0.385 e. The molecule has 2 atom stereocenters. The van der Waals surface area contributed by atoms with Gasteiger partial charge >= 0.3 is 0 Å². The summed E-state index contributed by atoms with van der Waals surface area (Å²) in [5, 5.41) is 32.4. The Hall–Kier alpha value is -1.90. The van der Waals surface area contributed by atoms with Crippen molar-refractivity contribution in [3.05, 3.63) is 30.0 Å². The summed E-state index contributed by atoms with van der Waals surface area (Å²) in [6.07, 6.45) is -0.887. The maximum Gasteiger partial charge on any atom is 0.170 e. The van der Waals surface area contributed by atoms with Crippen molar-refractivity contribution in [1.29, 1.82) is 5.26 Å². The third kappa shape index (κ3) is 1.65. The van der Waals surface area contributed by atoms with E-state index in [9.17, 15) is 10.2 Å². The molecule has 0 aliphatic carbocycles. The molecule has 2 N–H and O–H groups in total. The van der Waals surface area contributed by atoms with E-state index < -0.39 is 12.2 Å². The molecule has 1 heterocycles. The van der Waals surface area contributed by atoms with Gasteiger partial charge in [-0.2, -0.15) is 10.4 Å². The Bertz CT molecular complexity index is 556. The average molecular weight is 217 g/mol. The molecule has 16 heavy (non-hydrogen) atoms. The molecule has 0 amide bonds. The topological polar surface area (TPSA) is 82.1 Å². The second kappa shape index (κ2) is 3.93. The summed E-state index contributed by atoms with van der Waals surface area (Å²) in [5.41, 5.74) is 1.35. The first-order valence-electron chi connectivity index (χ1n) is 4.81. The van der Waals surface area contributed by atoms with Crippen LogP contribution < -0.4 is 0 Å². The number of aryl methyl sites for hydroxylation is 1. The molecule has 0 bridgehead atoms. The van der Waals surface area contributed by atoms with Gasteiger partial charge in [0.2, 0.25) is 0 Å². The Morgan fingerprint density at radius 2 is 2.19 bits per heavy atom. The van der Waals surface area contributed by atoms with E-state index >= 15 is 0 Å². The zero-order chi connectivity index (χ0) is 11.7. The van der Waals surface area contributed by atoms with Crippen molar-refractivity contribution in [3.63, 3.8) is 0 Å². The van der Waals surface area contributed by atoms with Crippen molar-refractivity contribution >= 4 is 10.9 Å². The molecule has 5 nitrogen and oxygen atoms in total. The summed E-state index contributed by atoms with van der Waals surface area (Å²) in [4.78, 5) is 0. The third-order valence-corrected chi connectivity index (χ3v) is 2.55. The van der Waals surface area contributed by atoms with Crippen molar-refractivity contribution in [2.24, 2.45) is 7.05 Å². The van der Waals surface area contributed by atoms with Gasteiger partial charge in [-0.25, -0.2) is 0 Å². The number of benzene rings is 1. The lowest BCUT2D eigenvalue weighted by molar-refractivity contribution is 0.0529. The fourth-order valence-electron chi connectivity index (χ4n) is 1.60. The third-order valence-electron chi connectivity index (χ3n) is 2.55. The molecule has 1 aromatic heterocycles. The molecule has 5 heteroatoms. The monoisotopic (exact) mass is 217 g/mol. The number of rotatable bonds is 2. The normalized spacial score (nSPS) is 14.6. The smallest absolute Gasteiger partial charge is 0.170 e. The van der Waals surface area contributed by atoms with Crippen molar-refractivity contribution in [2.45, 2.75) is 12.2 Å². The van der Waals surface area contributed by atoms with Crippen LogP contribution in [-0.4, -0.2) is 26.1 Å². The van der Waals surface area contributed by atoms with E-state index in [1.54, 1.807) is 42.2 Å². The molecule has 2 rings (SSSR count). The minimum Gasteiger partial charge on any atom is -0.385 e. The molecule has 0 saturated carbocycles. The highest BCUT2D eigenvalue weighted by atomic mass is 16.3. The van der Waals surface area contributed by atoms with Crippen LogP contribution in [0, 0.1) is 11.3 Å². The van der Waals surface area contributed by atoms with Gasteiger partial charge < -0.3 is 10.2 Å². The van der Waals surface area contributed by atoms with Gasteiger partial charge in [0.25, 0.3) is 0 Å². The number of aliphatic hydroxyl groups excluding tert-OH is 2. The van der Waals surface area contributed by atoms with Gasteiger partial charge in [-0.15, -0.1) is 0 Å². The number of hydrogen-bond acceptors (Lipinski definition) is 4. The highest BCUT2D eigenvalue weighted by Gasteiger charge is 2.18. The van der Waals surface area contributed by atoms with Gasteiger partial charge in [0.15, 0.2) is 6.10 Å². The van der Waals surface area contributed by atoms with E-state index in [-0.39, 0.29) is 0 Å². The Kier molecular flexibility index (Phi) is 2.60. The zero-order valence-corrected chi connectivity index (χ0v) is 8.70. The maximum absolute atomic E-state index is 9.67. The summed E-state index contributed by atoms with van der Waals surface area (Å²) in [5.74, 6) is 0. The molecular formula is C11H11N3O2. The molecule has 1 aromatic carbocycles. The molecule has 0 spiro atoms. The van der Waals surface area contributed by atoms with Gasteiger partial charge in [0, 0.05) is 12.4 Å². The van der Waals surface area contributed by atoms with E-state index in [2.05, 4.69) is 5.10 Å². The average Bonchev–Trinajstić information content (AvgIpc) is 2.68. The molecule has 0 radical (unpaired) electrons. The number of nitriles is 1. The van der Waals surface area contributed by atoms with E-state index in [1.807, 2.05) is 0 Å². The lowest BCUT2D eigenvalue weighted by Crippen LogP contribution is -2.15. The fourth-order valence-corrected chi connectivity index (χ4v) is 1.60. The van der Waals surface area contributed by atoms with E-state index in [0.717, 1.165) is 10.9 Å². The molecule has 2 aromatic rings. The lowest BCUT2D eigenvalue weighted by atomic mass is 10.0. The van der Waals surface area contributed by atoms with Crippen LogP contribution in [0.25, 0.3) is 10.9 Å². The quantitative estimate of drug-likeness (QED) is 0.717. The predicted molar refractivity (Wildman–Crippen MR) is 57.3 cm³/mol. The first-order valence-corrected chi connectivity index (χ1v) is 4.81. The van der Waals surface area contributed by atoms with Crippen LogP contribution in [0.5, 0.6) is 0 Å². The standard InChI is InChI=1S/C11H11N3O2/c1-14-9-4-7(11(16)10(15)5-12)2-3-8(9)6-13-14/h2-4,6,10-11,15-16H,1H3. The van der Waals surface area contributed by atoms with Gasteiger partial charge in [-0.3, -0.25) is 4.68 Å². The molecule has 0 fully saturated rings. The van der Waals surface area contributed by atoms with Crippen molar-refractivity contribution in [3.8, 4) is 6.07 Å². The summed E-state index contributed by atoms with van der Waals surface area (Å²) in [6, 6.07) is 6.79. The van der Waals surface area contributed by atoms with Crippen LogP contribution in [0.1, 0.15) is 11.7 Å². The van der Waals surface area contributed by atoms with Crippen molar-refractivity contribution < 1.29 is 10.2 Å². The molecule has 0 saturated heterocycles. The van der Waals surface area contributed by atoms with Gasteiger partial charge in [-0.1, -0.05) is 12.1 Å². The predicted octanol–water partition coefficient (Wildman–Crippen LogP) is 0.491. The van der Waals surface area contributed by atoms with Crippen LogP contribution in [0.4, 0.5) is 0 Å². The minimum atomic E-state index is -1.41. The second-order valence-electron chi connectivity index (χ2n) is 3.61. The van der Waals surface area contributed by atoms with Crippen LogP contribution in [0.2, 0.25) is 0 Å². The van der Waals surface area contributed by atoms with Crippen molar-refractivity contribution in [1.82, 2.24) is 9.78 Å². The van der Waals surface area contributed by atoms with Gasteiger partial charge in [-0.05, 0) is 11.6 Å². The Morgan fingerprint density at radius 3 is 2.88 bits per heavy atom. The van der Waals surface area contributed by atoms with E-state index in [0.29, 0.717) is 5.56 Å². The number of hydrogen-bond donors (Lipinski definition) is 2. The van der Waals surface area contributed by atoms with Crippen LogP contribution >= 0.6 is 0 Å². The molecular weight excluding hydrogens is 206 g/mol. The van der Waals surface area contributed by atoms with Gasteiger partial charge in [0.1, 0.15) is 6.10 Å². The SMILES string of the molecule is Cn1ncc2ccc(C(O)C(O)C#N)cc21. The Labute approximate surface area is 92.2 Å². The summed E-state index contributed by atoms with van der Waals surface area (Å²) in [7, 11) is 1.79. The molecule has 0 aliphatic rings. The zero-order valence-electron chi connectivity index (χ0n) is 8.70. The number of aromatic nitrogens is 2. The molecule has 82 valence electrons. The second-order valence-corrected chi connectivity index (χ2v) is 3.61. The lowest BCUT2D eigenvalue weighted by Gasteiger charge is -2.11. The van der Waals surface area contributed by atoms with Crippen molar-refractivity contribution in [2.75, 3.05) is 0 Å². The minimum absolute atomic E-state index is 0.505. The van der Waals surface area contributed by atoms with Crippen LogP contribution in [-0.2, 0) is 7.05 Å². The first kappa shape index (κ1) is 10.6. The summed E-state index contributed by atoms with van der Waals surface area (Å²) < 4.78 is 1.67. The summed E-state index contributed by atoms with van der Waals surface area (Å²) in [6.45, 7) is 0. The fraction of sp³-hybridized carbons (Fsp3) is 0.273. The Balaban J connectivity index is 2.46. The number of fused-ring (bicyclic) bond motifs is 1. The van der Waals surface area contributed by atoms with Crippen LogP contribution in [0.15, 0.2) is 24.4 Å². The Morgan fingerprint density at radius 1 is 1.44 bits per heavy atom. The maximum atomic E-state index is 9.67. The highest BCUT2D eigenvalue weighted by molar-refractivity contribution is 5.79. The van der Waals surface area contributed by atoms with E-state index in [4.69, 9.17) is 5.26 Å². The van der Waals surface area contributed by atoms with Gasteiger partial charge in [0.05, 0.1) is 17.8 Å².